The Hall–Kier alpha value is -1.60. The zero-order valence-electron chi connectivity index (χ0n) is 13.2. The molecule has 1 aliphatic heterocycles. The van der Waals surface area contributed by atoms with Gasteiger partial charge in [0.05, 0.1) is 13.2 Å². The van der Waals surface area contributed by atoms with Crippen LogP contribution in [0.2, 0.25) is 0 Å². The Morgan fingerprint density at radius 2 is 2.09 bits per heavy atom. The Kier molecular flexibility index (Phi) is 6.85. The molecule has 0 aromatic heterocycles. The van der Waals surface area contributed by atoms with Crippen molar-refractivity contribution in [1.29, 1.82) is 0 Å². The van der Waals surface area contributed by atoms with Gasteiger partial charge < -0.3 is 15.4 Å². The number of alkyl carbamates (subject to hydrolysis) is 1. The Morgan fingerprint density at radius 1 is 1.35 bits per heavy atom. The normalized spacial score (nSPS) is 18.3. The van der Waals surface area contributed by atoms with Gasteiger partial charge in [-0.25, -0.2) is 4.79 Å². The molecule has 0 saturated carbocycles. The van der Waals surface area contributed by atoms with Gasteiger partial charge >= 0.3 is 6.09 Å². The van der Waals surface area contributed by atoms with Gasteiger partial charge in [0, 0.05) is 22.7 Å². The van der Waals surface area contributed by atoms with Crippen LogP contribution in [0.1, 0.15) is 19.8 Å². The fourth-order valence-corrected chi connectivity index (χ4v) is 2.86. The van der Waals surface area contributed by atoms with Crippen LogP contribution in [-0.4, -0.2) is 49.2 Å². The van der Waals surface area contributed by atoms with Crippen molar-refractivity contribution in [2.75, 3.05) is 31.6 Å². The minimum atomic E-state index is -0.390. The summed E-state index contributed by atoms with van der Waals surface area (Å²) in [7, 11) is 0. The number of carbonyl (C=O) groups is 2. The SMILES string of the molecule is CCOC(=O)NC1CCCN(CC(=O)Nc2ccc(Br)cc2)C1. The minimum absolute atomic E-state index is 0.0308. The van der Waals surface area contributed by atoms with Gasteiger partial charge in [-0.3, -0.25) is 9.69 Å². The van der Waals surface area contributed by atoms with E-state index in [1.165, 1.54) is 0 Å². The number of benzene rings is 1. The van der Waals surface area contributed by atoms with Crippen molar-refractivity contribution in [2.24, 2.45) is 0 Å². The number of hydrogen-bond donors (Lipinski definition) is 2. The summed E-state index contributed by atoms with van der Waals surface area (Å²) in [6.45, 7) is 3.97. The van der Waals surface area contributed by atoms with Crippen LogP contribution in [0.15, 0.2) is 28.7 Å². The Bertz CT molecular complexity index is 536. The number of halogens is 1. The van der Waals surface area contributed by atoms with Crippen LogP contribution in [-0.2, 0) is 9.53 Å². The average Bonchev–Trinajstić information content (AvgIpc) is 2.50. The van der Waals surface area contributed by atoms with Crippen molar-refractivity contribution in [2.45, 2.75) is 25.8 Å². The number of amides is 2. The fourth-order valence-electron chi connectivity index (χ4n) is 2.59. The third-order valence-electron chi connectivity index (χ3n) is 3.60. The van der Waals surface area contributed by atoms with Crippen LogP contribution in [0.3, 0.4) is 0 Å². The third kappa shape index (κ3) is 6.19. The van der Waals surface area contributed by atoms with E-state index in [4.69, 9.17) is 4.74 Å². The molecule has 1 unspecified atom stereocenters. The zero-order valence-corrected chi connectivity index (χ0v) is 14.8. The largest absolute Gasteiger partial charge is 0.450 e. The lowest BCUT2D eigenvalue weighted by Crippen LogP contribution is -2.49. The summed E-state index contributed by atoms with van der Waals surface area (Å²) in [5.41, 5.74) is 0.774. The third-order valence-corrected chi connectivity index (χ3v) is 4.13. The van der Waals surface area contributed by atoms with Gasteiger partial charge in [-0.05, 0) is 50.6 Å². The van der Waals surface area contributed by atoms with Crippen LogP contribution in [0.25, 0.3) is 0 Å². The highest BCUT2D eigenvalue weighted by Crippen LogP contribution is 2.15. The first-order valence-corrected chi connectivity index (χ1v) is 8.57. The Balaban J connectivity index is 1.78. The summed E-state index contributed by atoms with van der Waals surface area (Å²) in [5, 5.41) is 5.72. The molecular formula is C16H22BrN3O3. The summed E-state index contributed by atoms with van der Waals surface area (Å²) in [4.78, 5) is 25.6. The predicted molar refractivity (Wildman–Crippen MR) is 92.4 cm³/mol. The molecule has 0 bridgehead atoms. The van der Waals surface area contributed by atoms with E-state index in [-0.39, 0.29) is 11.9 Å². The monoisotopic (exact) mass is 383 g/mol. The molecule has 23 heavy (non-hydrogen) atoms. The first-order chi connectivity index (χ1) is 11.1. The zero-order chi connectivity index (χ0) is 16.7. The number of anilines is 1. The van der Waals surface area contributed by atoms with Crippen molar-refractivity contribution >= 4 is 33.6 Å². The molecule has 1 aromatic rings. The van der Waals surface area contributed by atoms with Crippen molar-refractivity contribution in [3.63, 3.8) is 0 Å². The van der Waals surface area contributed by atoms with Crippen molar-refractivity contribution in [3.8, 4) is 0 Å². The first kappa shape index (κ1) is 17.7. The molecule has 126 valence electrons. The molecule has 2 amide bonds. The van der Waals surface area contributed by atoms with Gasteiger partial charge in [0.15, 0.2) is 0 Å². The molecule has 6 nitrogen and oxygen atoms in total. The lowest BCUT2D eigenvalue weighted by molar-refractivity contribution is -0.117. The van der Waals surface area contributed by atoms with E-state index in [0.717, 1.165) is 29.5 Å². The Labute approximate surface area is 144 Å². The number of carbonyl (C=O) groups excluding carboxylic acids is 2. The molecule has 1 fully saturated rings. The highest BCUT2D eigenvalue weighted by Gasteiger charge is 2.23. The molecule has 0 aliphatic carbocycles. The van der Waals surface area contributed by atoms with Crippen molar-refractivity contribution in [1.82, 2.24) is 10.2 Å². The smallest absolute Gasteiger partial charge is 0.407 e. The summed E-state index contributed by atoms with van der Waals surface area (Å²) >= 11 is 3.36. The second kappa shape index (κ2) is 8.88. The lowest BCUT2D eigenvalue weighted by atomic mass is 10.1. The van der Waals surface area contributed by atoms with Gasteiger partial charge in [0.1, 0.15) is 0 Å². The van der Waals surface area contributed by atoms with Gasteiger partial charge in [0.2, 0.25) is 5.91 Å². The van der Waals surface area contributed by atoms with Gasteiger partial charge in [-0.2, -0.15) is 0 Å². The number of nitrogens with one attached hydrogen (secondary N) is 2. The highest BCUT2D eigenvalue weighted by atomic mass is 79.9. The maximum absolute atomic E-state index is 12.1. The van der Waals surface area contributed by atoms with Gasteiger partial charge in [0.25, 0.3) is 0 Å². The van der Waals surface area contributed by atoms with Crippen LogP contribution in [0, 0.1) is 0 Å². The predicted octanol–water partition coefficient (Wildman–Crippen LogP) is 2.60. The number of nitrogens with zero attached hydrogens (tertiary/aromatic N) is 1. The molecule has 0 spiro atoms. The molecule has 1 aromatic carbocycles. The van der Waals surface area contributed by atoms with E-state index in [0.29, 0.717) is 19.7 Å². The van der Waals surface area contributed by atoms with Crippen molar-refractivity contribution in [3.05, 3.63) is 28.7 Å². The number of likely N-dealkylation sites (tertiary alicyclic amines) is 1. The quantitative estimate of drug-likeness (QED) is 0.819. The van der Waals surface area contributed by atoms with E-state index < -0.39 is 6.09 Å². The van der Waals surface area contributed by atoms with Crippen molar-refractivity contribution < 1.29 is 14.3 Å². The second-order valence-electron chi connectivity index (χ2n) is 5.49. The van der Waals surface area contributed by atoms with E-state index >= 15 is 0 Å². The van der Waals surface area contributed by atoms with E-state index in [1.807, 2.05) is 24.3 Å². The highest BCUT2D eigenvalue weighted by molar-refractivity contribution is 9.10. The molecule has 7 heteroatoms. The number of piperidine rings is 1. The van der Waals surface area contributed by atoms with Crippen LogP contribution in [0.5, 0.6) is 0 Å². The van der Waals surface area contributed by atoms with Crippen LogP contribution < -0.4 is 10.6 Å². The molecule has 1 heterocycles. The average molecular weight is 384 g/mol. The van der Waals surface area contributed by atoms with E-state index in [9.17, 15) is 9.59 Å². The number of hydrogen-bond acceptors (Lipinski definition) is 4. The lowest BCUT2D eigenvalue weighted by Gasteiger charge is -2.32. The van der Waals surface area contributed by atoms with E-state index in [2.05, 4.69) is 31.5 Å². The maximum Gasteiger partial charge on any atom is 0.407 e. The van der Waals surface area contributed by atoms with E-state index in [1.54, 1.807) is 6.92 Å². The second-order valence-corrected chi connectivity index (χ2v) is 6.41. The molecular weight excluding hydrogens is 362 g/mol. The van der Waals surface area contributed by atoms with Gasteiger partial charge in [-0.1, -0.05) is 15.9 Å². The number of ether oxygens (including phenoxy) is 1. The summed E-state index contributed by atoms with van der Waals surface area (Å²) in [6.07, 6.45) is 1.46. The van der Waals surface area contributed by atoms with Gasteiger partial charge in [-0.15, -0.1) is 0 Å². The summed E-state index contributed by atoms with van der Waals surface area (Å²) < 4.78 is 5.87. The van der Waals surface area contributed by atoms with Crippen LogP contribution >= 0.6 is 15.9 Å². The number of rotatable bonds is 5. The molecule has 0 radical (unpaired) electrons. The Morgan fingerprint density at radius 3 is 2.78 bits per heavy atom. The topological polar surface area (TPSA) is 70.7 Å². The summed E-state index contributed by atoms with van der Waals surface area (Å²) in [6, 6.07) is 7.50. The van der Waals surface area contributed by atoms with Crippen LogP contribution in [0.4, 0.5) is 10.5 Å². The summed E-state index contributed by atoms with van der Waals surface area (Å²) in [5.74, 6) is -0.0518. The maximum atomic E-state index is 12.1. The first-order valence-electron chi connectivity index (χ1n) is 7.78. The molecule has 1 saturated heterocycles. The fraction of sp³-hybridized carbons (Fsp3) is 0.500. The molecule has 2 N–H and O–H groups in total. The standard InChI is InChI=1S/C16H22BrN3O3/c1-2-23-16(22)19-14-4-3-9-20(10-14)11-15(21)18-13-7-5-12(17)6-8-13/h5-8,14H,2-4,9-11H2,1H3,(H,18,21)(H,19,22). The minimum Gasteiger partial charge on any atom is -0.450 e. The molecule has 1 atom stereocenters. The molecule has 1 aliphatic rings. The molecule has 2 rings (SSSR count).